The van der Waals surface area contributed by atoms with E-state index in [9.17, 15) is 4.79 Å². The summed E-state index contributed by atoms with van der Waals surface area (Å²) in [5.74, 6) is 0.733. The molecule has 1 atom stereocenters. The summed E-state index contributed by atoms with van der Waals surface area (Å²) < 4.78 is 11.1. The van der Waals surface area contributed by atoms with Crippen LogP contribution in [0.15, 0.2) is 18.2 Å². The van der Waals surface area contributed by atoms with Crippen LogP contribution in [0.25, 0.3) is 0 Å². The van der Waals surface area contributed by atoms with Crippen LogP contribution < -0.4 is 15.2 Å². The van der Waals surface area contributed by atoms with E-state index in [-0.39, 0.29) is 6.10 Å². The molecule has 0 saturated heterocycles. The zero-order valence-electron chi connectivity index (χ0n) is 10.5. The number of hydrogen-bond donors (Lipinski definition) is 1. The number of nitrogens with two attached hydrogens (primary N) is 1. The summed E-state index contributed by atoms with van der Waals surface area (Å²) in [5, 5.41) is 0. The molecule has 0 saturated carbocycles. The van der Waals surface area contributed by atoms with Gasteiger partial charge >= 0.3 is 0 Å². The Labute approximate surface area is 102 Å². The van der Waals surface area contributed by atoms with Crippen molar-refractivity contribution in [2.75, 3.05) is 6.61 Å². The van der Waals surface area contributed by atoms with E-state index < -0.39 is 5.91 Å². The molecule has 1 aromatic rings. The van der Waals surface area contributed by atoms with E-state index in [0.29, 0.717) is 23.7 Å². The van der Waals surface area contributed by atoms with Gasteiger partial charge in [-0.05, 0) is 38.5 Å². The Morgan fingerprint density at radius 3 is 2.59 bits per heavy atom. The van der Waals surface area contributed by atoms with Gasteiger partial charge in [-0.3, -0.25) is 4.79 Å². The first-order valence-electron chi connectivity index (χ1n) is 5.81. The average molecular weight is 237 g/mol. The maximum Gasteiger partial charge on any atom is 0.248 e. The molecule has 2 N–H and O–H groups in total. The molecule has 0 radical (unpaired) electrons. The van der Waals surface area contributed by atoms with Gasteiger partial charge < -0.3 is 15.2 Å². The first kappa shape index (κ1) is 13.4. The molecular formula is C13H19NO3. The zero-order chi connectivity index (χ0) is 12.8. The molecule has 1 amide bonds. The fraction of sp³-hybridized carbons (Fsp3) is 0.462. The molecular weight excluding hydrogens is 218 g/mol. The van der Waals surface area contributed by atoms with E-state index in [1.807, 2.05) is 20.8 Å². The summed E-state index contributed by atoms with van der Waals surface area (Å²) in [5.41, 5.74) is 5.64. The fourth-order valence-corrected chi connectivity index (χ4v) is 1.33. The molecule has 0 aliphatic heterocycles. The smallest absolute Gasteiger partial charge is 0.248 e. The highest BCUT2D eigenvalue weighted by Gasteiger charge is 2.11. The highest BCUT2D eigenvalue weighted by Crippen LogP contribution is 2.29. The summed E-state index contributed by atoms with van der Waals surface area (Å²) in [7, 11) is 0. The lowest BCUT2D eigenvalue weighted by Crippen LogP contribution is -2.13. The number of carbonyl (C=O) groups is 1. The molecule has 94 valence electrons. The summed E-state index contributed by atoms with van der Waals surface area (Å²) in [4.78, 5) is 11.1. The predicted octanol–water partition coefficient (Wildman–Crippen LogP) is 2.36. The Hall–Kier alpha value is -1.71. The molecule has 4 heteroatoms. The normalized spacial score (nSPS) is 11.9. The molecule has 4 nitrogen and oxygen atoms in total. The highest BCUT2D eigenvalue weighted by molar-refractivity contribution is 5.93. The molecule has 0 aliphatic carbocycles. The van der Waals surface area contributed by atoms with Crippen LogP contribution in [-0.4, -0.2) is 18.6 Å². The summed E-state index contributed by atoms with van der Waals surface area (Å²) >= 11 is 0. The van der Waals surface area contributed by atoms with Gasteiger partial charge in [0.05, 0.1) is 12.7 Å². The van der Waals surface area contributed by atoms with Crippen LogP contribution in [0.2, 0.25) is 0 Å². The van der Waals surface area contributed by atoms with Gasteiger partial charge in [0.1, 0.15) is 0 Å². The maximum atomic E-state index is 11.1. The number of primary amides is 1. The Bertz CT molecular complexity index is 390. The van der Waals surface area contributed by atoms with E-state index in [0.717, 1.165) is 6.42 Å². The van der Waals surface area contributed by atoms with Crippen molar-refractivity contribution in [1.29, 1.82) is 0 Å². The fourth-order valence-electron chi connectivity index (χ4n) is 1.33. The molecule has 0 bridgehead atoms. The van der Waals surface area contributed by atoms with Crippen molar-refractivity contribution in [3.63, 3.8) is 0 Å². The number of rotatable bonds is 6. The lowest BCUT2D eigenvalue weighted by atomic mass is 10.2. The molecule has 0 aliphatic rings. The highest BCUT2D eigenvalue weighted by atomic mass is 16.5. The molecule has 0 aromatic heterocycles. The number of ether oxygens (including phenoxy) is 2. The van der Waals surface area contributed by atoms with Crippen molar-refractivity contribution < 1.29 is 14.3 Å². The molecule has 17 heavy (non-hydrogen) atoms. The Morgan fingerprint density at radius 1 is 1.35 bits per heavy atom. The standard InChI is InChI=1S/C13H19NO3/c1-4-9(3)17-11-7-6-10(13(14)15)8-12(11)16-5-2/h6-9H,4-5H2,1-3H3,(H2,14,15). The zero-order valence-corrected chi connectivity index (χ0v) is 10.5. The van der Waals surface area contributed by atoms with E-state index in [2.05, 4.69) is 0 Å². The van der Waals surface area contributed by atoms with E-state index in [1.165, 1.54) is 0 Å². The first-order valence-corrected chi connectivity index (χ1v) is 5.81. The average Bonchev–Trinajstić information content (AvgIpc) is 2.31. The number of amides is 1. The van der Waals surface area contributed by atoms with Crippen molar-refractivity contribution in [2.45, 2.75) is 33.3 Å². The van der Waals surface area contributed by atoms with Gasteiger partial charge in [0.25, 0.3) is 0 Å². The third-order valence-electron chi connectivity index (χ3n) is 2.43. The second-order valence-corrected chi connectivity index (χ2v) is 3.80. The van der Waals surface area contributed by atoms with Gasteiger partial charge in [-0.2, -0.15) is 0 Å². The Kier molecular flexibility index (Phi) is 4.82. The topological polar surface area (TPSA) is 61.5 Å². The largest absolute Gasteiger partial charge is 0.490 e. The van der Waals surface area contributed by atoms with E-state index in [4.69, 9.17) is 15.2 Å². The molecule has 1 unspecified atom stereocenters. The third kappa shape index (κ3) is 3.66. The van der Waals surface area contributed by atoms with Gasteiger partial charge in [-0.1, -0.05) is 6.92 Å². The van der Waals surface area contributed by atoms with E-state index >= 15 is 0 Å². The molecule has 0 fully saturated rings. The lowest BCUT2D eigenvalue weighted by Gasteiger charge is -2.16. The number of benzene rings is 1. The van der Waals surface area contributed by atoms with Crippen molar-refractivity contribution in [2.24, 2.45) is 5.73 Å². The predicted molar refractivity (Wildman–Crippen MR) is 66.5 cm³/mol. The van der Waals surface area contributed by atoms with Crippen LogP contribution in [0.5, 0.6) is 11.5 Å². The van der Waals surface area contributed by atoms with Gasteiger partial charge in [0.2, 0.25) is 5.91 Å². The third-order valence-corrected chi connectivity index (χ3v) is 2.43. The Morgan fingerprint density at radius 2 is 2.06 bits per heavy atom. The van der Waals surface area contributed by atoms with Gasteiger partial charge in [0.15, 0.2) is 11.5 Å². The minimum atomic E-state index is -0.471. The van der Waals surface area contributed by atoms with Crippen LogP contribution in [0.3, 0.4) is 0 Å². The summed E-state index contributed by atoms with van der Waals surface area (Å²) in [6.45, 7) is 6.42. The quantitative estimate of drug-likeness (QED) is 0.826. The van der Waals surface area contributed by atoms with E-state index in [1.54, 1.807) is 18.2 Å². The Balaban J connectivity index is 2.99. The van der Waals surface area contributed by atoms with Gasteiger partial charge in [0, 0.05) is 5.56 Å². The van der Waals surface area contributed by atoms with Crippen LogP contribution in [0.4, 0.5) is 0 Å². The second kappa shape index (κ2) is 6.13. The summed E-state index contributed by atoms with van der Waals surface area (Å²) in [6.07, 6.45) is 1.01. The van der Waals surface area contributed by atoms with Crippen molar-refractivity contribution in [3.05, 3.63) is 23.8 Å². The molecule has 1 aromatic carbocycles. The van der Waals surface area contributed by atoms with Gasteiger partial charge in [-0.15, -0.1) is 0 Å². The van der Waals surface area contributed by atoms with Crippen LogP contribution >= 0.6 is 0 Å². The molecule has 0 heterocycles. The molecule has 1 rings (SSSR count). The summed E-state index contributed by atoms with van der Waals surface area (Å²) in [6, 6.07) is 4.98. The van der Waals surface area contributed by atoms with Gasteiger partial charge in [-0.25, -0.2) is 0 Å². The lowest BCUT2D eigenvalue weighted by molar-refractivity contribution is 0.0999. The van der Waals surface area contributed by atoms with Crippen molar-refractivity contribution in [1.82, 2.24) is 0 Å². The van der Waals surface area contributed by atoms with Crippen LogP contribution in [-0.2, 0) is 0 Å². The second-order valence-electron chi connectivity index (χ2n) is 3.80. The van der Waals surface area contributed by atoms with Crippen LogP contribution in [0.1, 0.15) is 37.6 Å². The minimum Gasteiger partial charge on any atom is -0.490 e. The van der Waals surface area contributed by atoms with Crippen LogP contribution in [0, 0.1) is 0 Å². The SMILES string of the molecule is CCOc1cc(C(N)=O)ccc1OC(C)CC. The van der Waals surface area contributed by atoms with Crippen molar-refractivity contribution >= 4 is 5.91 Å². The first-order chi connectivity index (χ1) is 8.08. The minimum absolute atomic E-state index is 0.105. The monoisotopic (exact) mass is 237 g/mol. The van der Waals surface area contributed by atoms with Crippen molar-refractivity contribution in [3.8, 4) is 11.5 Å². The maximum absolute atomic E-state index is 11.1. The number of hydrogen-bond acceptors (Lipinski definition) is 3. The number of carbonyl (C=O) groups excluding carboxylic acids is 1. The molecule has 0 spiro atoms.